The molecular weight excluding hydrogens is 61.8 g/mol. The van der Waals surface area contributed by atoms with Crippen molar-refractivity contribution >= 4 is 8.41 Å². The van der Waals surface area contributed by atoms with E-state index in [-0.39, 0.29) is 24.1 Å². The maximum Gasteiger partial charge on any atom is 0.0814 e. The molecule has 4 heteroatoms. The van der Waals surface area contributed by atoms with Crippen molar-refractivity contribution in [1.29, 1.82) is 0 Å². The Kier molecular flexibility index (Phi) is 1700000. The lowest BCUT2D eigenvalue weighted by atomic mass is 10.8. The van der Waals surface area contributed by atoms with E-state index in [9.17, 15) is 0 Å². The van der Waals surface area contributed by atoms with E-state index >= 15 is 0 Å². The summed E-state index contributed by atoms with van der Waals surface area (Å²) in [6, 6.07) is 0. The van der Waals surface area contributed by atoms with Gasteiger partial charge in [-0.05, 0) is 0 Å². The molecule has 0 fully saturated rings. The maximum absolute atomic E-state index is 0. The number of hydrogen-bond acceptors (Lipinski definition) is 0. The molecule has 0 aromatic carbocycles. The molecule has 0 atom stereocenters. The van der Waals surface area contributed by atoms with Gasteiger partial charge in [-0.25, -0.2) is 0 Å². The number of rotatable bonds is 0. The average Bonchev–Trinajstić information content (AvgIpc) is 0. The van der Waals surface area contributed by atoms with Crippen LogP contribution in [0.1, 0.15) is 0 Å². The molecule has 0 amide bonds. The van der Waals surface area contributed by atoms with Gasteiger partial charge in [-0.1, -0.05) is 0 Å². The fourth-order valence-electron chi connectivity index (χ4n) is 0. The Hall–Kier alpha value is -0.0851. The lowest BCUT2D eigenvalue weighted by Gasteiger charge is -0.413. The number of hydrogen-bond donors (Lipinski definition) is 0. The van der Waals surface area contributed by atoms with Crippen molar-refractivity contribution in [3.05, 3.63) is 0 Å². The van der Waals surface area contributed by atoms with Crippen LogP contribution in [0.3, 0.4) is 0 Å². The van der Waals surface area contributed by atoms with E-state index in [1.54, 1.807) is 0 Å². The molecule has 0 saturated carbocycles. The van der Waals surface area contributed by atoms with Crippen molar-refractivity contribution in [2.24, 2.45) is 0 Å². The van der Waals surface area contributed by atoms with Gasteiger partial charge in [-0.3, -0.25) is 4.70 Å². The fourth-order valence-corrected chi connectivity index (χ4v) is 0. The monoisotopic (exact) mass is 70.1 g/mol. The molecule has 0 aliphatic rings. The zero-order valence-corrected chi connectivity index (χ0v) is 1.41. The SMILES string of the molecule is B.F.O.O. The molecule has 0 unspecified atom stereocenters. The molecule has 4 heavy (non-hydrogen) atoms. The second-order valence-electron chi connectivity index (χ2n) is 0. The van der Waals surface area contributed by atoms with Crippen LogP contribution in [0.15, 0.2) is 0 Å². The Morgan fingerprint density at radius 2 is 0.750 bits per heavy atom. The van der Waals surface area contributed by atoms with E-state index in [2.05, 4.69) is 0 Å². The van der Waals surface area contributed by atoms with Gasteiger partial charge in [0.2, 0.25) is 0 Å². The van der Waals surface area contributed by atoms with Crippen molar-refractivity contribution < 1.29 is 15.7 Å². The van der Waals surface area contributed by atoms with Crippen LogP contribution in [0.25, 0.3) is 0 Å². The zero-order chi connectivity index (χ0) is 0. The van der Waals surface area contributed by atoms with E-state index < -0.39 is 0 Å². The van der Waals surface area contributed by atoms with E-state index in [1.807, 2.05) is 0 Å². The van der Waals surface area contributed by atoms with E-state index in [0.717, 1.165) is 0 Å². The van der Waals surface area contributed by atoms with E-state index in [4.69, 9.17) is 0 Å². The maximum atomic E-state index is 0. The van der Waals surface area contributed by atoms with Gasteiger partial charge in [-0.15, -0.1) is 0 Å². The predicted molar refractivity (Wildman–Crippen MR) is 19.7 cm³/mol. The normalized spacial score (nSPS) is 0. The highest BCUT2D eigenvalue weighted by molar-refractivity contribution is 5.75. The third-order valence-corrected chi connectivity index (χ3v) is 0. The van der Waals surface area contributed by atoms with Gasteiger partial charge < -0.3 is 11.0 Å². The summed E-state index contributed by atoms with van der Waals surface area (Å²) in [5.41, 5.74) is 0. The summed E-state index contributed by atoms with van der Waals surface area (Å²) in [5, 5.41) is 0. The molecule has 0 aliphatic carbocycles. The summed E-state index contributed by atoms with van der Waals surface area (Å²) >= 11 is 0. The minimum atomic E-state index is 0. The largest absolute Gasteiger partial charge is 0.412 e. The lowest BCUT2D eigenvalue weighted by Crippen LogP contribution is -0.381. The van der Waals surface area contributed by atoms with Crippen LogP contribution in [0.5, 0.6) is 0 Å². The molecule has 0 aromatic rings. The topological polar surface area (TPSA) is 63.0 Å². The molecule has 0 saturated heterocycles. The summed E-state index contributed by atoms with van der Waals surface area (Å²) in [6.45, 7) is 0. The summed E-state index contributed by atoms with van der Waals surface area (Å²) in [5.74, 6) is 0. The van der Waals surface area contributed by atoms with Crippen LogP contribution in [0, 0.1) is 0 Å². The second kappa shape index (κ2) is 1480. The van der Waals surface area contributed by atoms with Crippen molar-refractivity contribution in [3.63, 3.8) is 0 Å². The Morgan fingerprint density at radius 1 is 0.750 bits per heavy atom. The van der Waals surface area contributed by atoms with Crippen molar-refractivity contribution in [2.45, 2.75) is 0 Å². The zero-order valence-electron chi connectivity index (χ0n) is 1.41. The number of halogens is 1. The minimum absolute atomic E-state index is 0. The van der Waals surface area contributed by atoms with Gasteiger partial charge in [-0.2, -0.15) is 0 Å². The highest BCUT2D eigenvalue weighted by atomic mass is 19.0. The summed E-state index contributed by atoms with van der Waals surface area (Å²) < 4.78 is 0. The molecule has 4 N–H and O–H groups in total. The Morgan fingerprint density at radius 3 is 0.750 bits per heavy atom. The first-order valence-corrected chi connectivity index (χ1v) is 0. The summed E-state index contributed by atoms with van der Waals surface area (Å²) in [7, 11) is 0. The molecule has 0 spiro atoms. The van der Waals surface area contributed by atoms with Crippen LogP contribution in [0.4, 0.5) is 4.70 Å². The van der Waals surface area contributed by atoms with Gasteiger partial charge in [0.15, 0.2) is 0 Å². The predicted octanol–water partition coefficient (Wildman–Crippen LogP) is -2.68. The quantitative estimate of drug-likeness (QED) is 0.279. The third-order valence-electron chi connectivity index (χ3n) is 0. The second-order valence-corrected chi connectivity index (χ2v) is 0. The fraction of sp³-hybridized carbons (Fsp3) is 0. The first-order chi connectivity index (χ1) is 0. The molecule has 2 nitrogen and oxygen atoms in total. The van der Waals surface area contributed by atoms with E-state index in [0.29, 0.717) is 0 Å². The lowest BCUT2D eigenvalue weighted by molar-refractivity contribution is 0.823. The summed E-state index contributed by atoms with van der Waals surface area (Å²) in [4.78, 5) is 0. The third kappa shape index (κ3) is 222. The first kappa shape index (κ1) is 4600. The molecule has 0 heterocycles. The summed E-state index contributed by atoms with van der Waals surface area (Å²) in [6.07, 6.45) is 0. The molecule has 0 aliphatic heterocycles. The molecule has 0 radical (unpaired) electrons. The van der Waals surface area contributed by atoms with Gasteiger partial charge in [0.25, 0.3) is 0 Å². The Bertz CT molecular complexity index is 6.00. The highest BCUT2D eigenvalue weighted by Crippen LogP contribution is 0.420. The van der Waals surface area contributed by atoms with Crippen LogP contribution in [-0.4, -0.2) is 19.4 Å². The minimum Gasteiger partial charge on any atom is -0.412 e. The van der Waals surface area contributed by atoms with Crippen molar-refractivity contribution in [1.82, 2.24) is 0 Å². The standard InChI is InChI=1S/BH3.FH.2H2O/h1H3;1H;2*1H2. The van der Waals surface area contributed by atoms with Gasteiger partial charge in [0.1, 0.15) is 0 Å². The molecule has 30 valence electrons. The Balaban J connectivity index is 0. The molecular formula is H8BFO2. The van der Waals surface area contributed by atoms with Crippen LogP contribution < -0.4 is 0 Å². The van der Waals surface area contributed by atoms with Gasteiger partial charge >= 0.3 is 0 Å². The molecule has 0 aromatic heterocycles. The van der Waals surface area contributed by atoms with Crippen LogP contribution in [0.2, 0.25) is 0 Å². The molecule has 0 bridgehead atoms. The van der Waals surface area contributed by atoms with Crippen molar-refractivity contribution in [3.8, 4) is 0 Å². The van der Waals surface area contributed by atoms with Crippen molar-refractivity contribution in [2.75, 3.05) is 0 Å². The smallest absolute Gasteiger partial charge is 0.0814 e. The van der Waals surface area contributed by atoms with Crippen LogP contribution >= 0.6 is 0 Å². The average molecular weight is 69.9 g/mol. The van der Waals surface area contributed by atoms with Gasteiger partial charge in [0.05, 0.1) is 8.41 Å². The van der Waals surface area contributed by atoms with Crippen LogP contribution in [-0.2, 0) is 0 Å². The van der Waals surface area contributed by atoms with E-state index in [1.165, 1.54) is 0 Å². The molecule has 0 rings (SSSR count). The Labute approximate surface area is 25.4 Å². The van der Waals surface area contributed by atoms with Gasteiger partial charge in [0, 0.05) is 0 Å². The highest BCUT2D eigenvalue weighted by Gasteiger charge is 0.0814. The first-order valence-electron chi connectivity index (χ1n) is 0.